The third kappa shape index (κ3) is 2.58. The van der Waals surface area contributed by atoms with Crippen molar-refractivity contribution in [3.8, 4) is 0 Å². The fourth-order valence-electron chi connectivity index (χ4n) is 1.82. The molecule has 0 spiro atoms. The first kappa shape index (κ1) is 11.3. The Morgan fingerprint density at radius 1 is 1.29 bits per heavy atom. The number of hydrogen-bond acceptors (Lipinski definition) is 1. The lowest BCUT2D eigenvalue weighted by molar-refractivity contribution is 0.633. The molecule has 78 valence electrons. The monoisotopic (exact) mass is 191 g/mol. The third-order valence-corrected chi connectivity index (χ3v) is 3.00. The molecule has 0 aliphatic rings. The van der Waals surface area contributed by atoms with Gasteiger partial charge in [0.05, 0.1) is 0 Å². The highest BCUT2D eigenvalue weighted by molar-refractivity contribution is 5.35. The lowest BCUT2D eigenvalue weighted by Crippen LogP contribution is -2.11. The van der Waals surface area contributed by atoms with Crippen LogP contribution in [0.3, 0.4) is 0 Å². The summed E-state index contributed by atoms with van der Waals surface area (Å²) in [6, 6.07) is 6.60. The first-order valence-electron chi connectivity index (χ1n) is 5.37. The molecule has 0 aromatic heterocycles. The molecule has 0 saturated carbocycles. The Bertz CT molecular complexity index is 291. The quantitative estimate of drug-likeness (QED) is 0.771. The van der Waals surface area contributed by atoms with Gasteiger partial charge in [-0.25, -0.2) is 0 Å². The van der Waals surface area contributed by atoms with Crippen LogP contribution in [0.2, 0.25) is 0 Å². The topological polar surface area (TPSA) is 12.0 Å². The van der Waals surface area contributed by atoms with Crippen molar-refractivity contribution in [1.29, 1.82) is 0 Å². The Balaban J connectivity index is 2.79. The summed E-state index contributed by atoms with van der Waals surface area (Å²) < 4.78 is 0. The van der Waals surface area contributed by atoms with Crippen LogP contribution in [-0.4, -0.2) is 13.6 Å². The largest absolute Gasteiger partial charge is 0.320 e. The predicted molar refractivity (Wildman–Crippen MR) is 62.9 cm³/mol. The minimum absolute atomic E-state index is 0.655. The van der Waals surface area contributed by atoms with Crippen LogP contribution in [0, 0.1) is 13.8 Å². The molecule has 14 heavy (non-hydrogen) atoms. The zero-order valence-electron chi connectivity index (χ0n) is 9.72. The van der Waals surface area contributed by atoms with Gasteiger partial charge in [-0.3, -0.25) is 0 Å². The summed E-state index contributed by atoms with van der Waals surface area (Å²) in [5.41, 5.74) is 4.36. The summed E-state index contributed by atoms with van der Waals surface area (Å²) in [4.78, 5) is 0. The summed E-state index contributed by atoms with van der Waals surface area (Å²) in [6.45, 7) is 7.80. The van der Waals surface area contributed by atoms with Gasteiger partial charge in [0, 0.05) is 0 Å². The van der Waals surface area contributed by atoms with Crippen LogP contribution in [0.25, 0.3) is 0 Å². The first-order valence-corrected chi connectivity index (χ1v) is 5.37. The Kier molecular flexibility index (Phi) is 4.15. The molecule has 0 fully saturated rings. The summed E-state index contributed by atoms with van der Waals surface area (Å²) in [6.07, 6.45) is 1.21. The van der Waals surface area contributed by atoms with E-state index in [1.165, 1.54) is 23.1 Å². The normalized spacial score (nSPS) is 12.9. The zero-order chi connectivity index (χ0) is 10.6. The second-order valence-electron chi connectivity index (χ2n) is 4.08. The highest BCUT2D eigenvalue weighted by atomic mass is 14.8. The van der Waals surface area contributed by atoms with Crippen molar-refractivity contribution in [2.24, 2.45) is 0 Å². The SMILES string of the molecule is CNCCC(C)c1cccc(C)c1C. The molecule has 0 amide bonds. The highest BCUT2D eigenvalue weighted by Crippen LogP contribution is 2.23. The summed E-state index contributed by atoms with van der Waals surface area (Å²) in [5, 5.41) is 3.20. The van der Waals surface area contributed by atoms with Crippen molar-refractivity contribution in [3.05, 3.63) is 34.9 Å². The minimum atomic E-state index is 0.655. The highest BCUT2D eigenvalue weighted by Gasteiger charge is 2.08. The maximum atomic E-state index is 3.20. The zero-order valence-corrected chi connectivity index (χ0v) is 9.72. The second kappa shape index (κ2) is 5.16. The van der Waals surface area contributed by atoms with E-state index in [-0.39, 0.29) is 0 Å². The van der Waals surface area contributed by atoms with Crippen LogP contribution >= 0.6 is 0 Å². The Labute approximate surface area is 87.5 Å². The number of nitrogens with one attached hydrogen (secondary N) is 1. The molecule has 1 heteroatoms. The van der Waals surface area contributed by atoms with E-state index in [4.69, 9.17) is 0 Å². The summed E-state index contributed by atoms with van der Waals surface area (Å²) >= 11 is 0. The van der Waals surface area contributed by atoms with Crippen molar-refractivity contribution in [3.63, 3.8) is 0 Å². The number of rotatable bonds is 4. The molecule has 0 radical (unpaired) electrons. The van der Waals surface area contributed by atoms with E-state index in [0.29, 0.717) is 5.92 Å². The third-order valence-electron chi connectivity index (χ3n) is 3.00. The molecule has 1 rings (SSSR count). The Morgan fingerprint density at radius 3 is 2.64 bits per heavy atom. The first-order chi connectivity index (χ1) is 6.66. The minimum Gasteiger partial charge on any atom is -0.320 e. The molecule has 1 unspecified atom stereocenters. The van der Waals surface area contributed by atoms with Crippen molar-refractivity contribution in [2.75, 3.05) is 13.6 Å². The molecule has 0 aliphatic carbocycles. The average Bonchev–Trinajstić information content (AvgIpc) is 2.18. The molecule has 0 bridgehead atoms. The van der Waals surface area contributed by atoms with Gasteiger partial charge in [-0.2, -0.15) is 0 Å². The Hall–Kier alpha value is -0.820. The van der Waals surface area contributed by atoms with Gasteiger partial charge < -0.3 is 5.32 Å². The molecule has 0 aliphatic heterocycles. The molecule has 1 N–H and O–H groups in total. The Morgan fingerprint density at radius 2 is 2.00 bits per heavy atom. The van der Waals surface area contributed by atoms with Gasteiger partial charge >= 0.3 is 0 Å². The van der Waals surface area contributed by atoms with Crippen LogP contribution in [0.4, 0.5) is 0 Å². The van der Waals surface area contributed by atoms with Crippen molar-refractivity contribution in [1.82, 2.24) is 5.32 Å². The smallest absolute Gasteiger partial charge is 0.00462 e. The molecule has 1 atom stereocenters. The van der Waals surface area contributed by atoms with Crippen molar-refractivity contribution >= 4 is 0 Å². The van der Waals surface area contributed by atoms with Gasteiger partial charge in [-0.15, -0.1) is 0 Å². The molecule has 1 aromatic rings. The van der Waals surface area contributed by atoms with Gasteiger partial charge in [0.1, 0.15) is 0 Å². The van der Waals surface area contributed by atoms with E-state index < -0.39 is 0 Å². The molecule has 0 heterocycles. The lowest BCUT2D eigenvalue weighted by atomic mass is 9.91. The van der Waals surface area contributed by atoms with E-state index in [1.807, 2.05) is 7.05 Å². The van der Waals surface area contributed by atoms with Crippen LogP contribution in [0.1, 0.15) is 36.0 Å². The fraction of sp³-hybridized carbons (Fsp3) is 0.538. The molecular weight excluding hydrogens is 170 g/mol. The fourth-order valence-corrected chi connectivity index (χ4v) is 1.82. The maximum Gasteiger partial charge on any atom is -0.00462 e. The summed E-state index contributed by atoms with van der Waals surface area (Å²) in [5.74, 6) is 0.655. The van der Waals surface area contributed by atoms with E-state index in [2.05, 4.69) is 44.3 Å². The van der Waals surface area contributed by atoms with Crippen molar-refractivity contribution in [2.45, 2.75) is 33.1 Å². The lowest BCUT2D eigenvalue weighted by Gasteiger charge is -2.15. The van der Waals surface area contributed by atoms with E-state index in [9.17, 15) is 0 Å². The summed E-state index contributed by atoms with van der Waals surface area (Å²) in [7, 11) is 2.01. The standard InChI is InChI=1S/C13H21N/c1-10-6-5-7-13(12(10)3)11(2)8-9-14-4/h5-7,11,14H,8-9H2,1-4H3. The maximum absolute atomic E-state index is 3.20. The van der Waals surface area contributed by atoms with Gasteiger partial charge in [0.25, 0.3) is 0 Å². The van der Waals surface area contributed by atoms with Gasteiger partial charge in [0.2, 0.25) is 0 Å². The average molecular weight is 191 g/mol. The van der Waals surface area contributed by atoms with E-state index >= 15 is 0 Å². The molecular formula is C13H21N. The van der Waals surface area contributed by atoms with Crippen LogP contribution in [0.5, 0.6) is 0 Å². The molecule has 1 nitrogen and oxygen atoms in total. The number of benzene rings is 1. The molecule has 0 saturated heterocycles. The van der Waals surface area contributed by atoms with E-state index in [1.54, 1.807) is 0 Å². The number of hydrogen-bond donors (Lipinski definition) is 1. The molecule has 1 aromatic carbocycles. The van der Waals surface area contributed by atoms with Gasteiger partial charge in [-0.1, -0.05) is 25.1 Å². The van der Waals surface area contributed by atoms with E-state index in [0.717, 1.165) is 6.54 Å². The number of aryl methyl sites for hydroxylation is 1. The van der Waals surface area contributed by atoms with Crippen LogP contribution in [0.15, 0.2) is 18.2 Å². The predicted octanol–water partition coefficient (Wildman–Crippen LogP) is 3.02. The van der Waals surface area contributed by atoms with Gasteiger partial charge in [-0.05, 0) is 56.5 Å². The second-order valence-corrected chi connectivity index (χ2v) is 4.08. The van der Waals surface area contributed by atoms with Crippen LogP contribution < -0.4 is 5.32 Å². The van der Waals surface area contributed by atoms with Crippen LogP contribution in [-0.2, 0) is 0 Å². The van der Waals surface area contributed by atoms with Gasteiger partial charge in [0.15, 0.2) is 0 Å². The van der Waals surface area contributed by atoms with Crippen molar-refractivity contribution < 1.29 is 0 Å².